The van der Waals surface area contributed by atoms with E-state index in [0.717, 1.165) is 12.1 Å². The van der Waals surface area contributed by atoms with Crippen LogP contribution in [0, 0.1) is 18.6 Å². The Balaban J connectivity index is 3.27. The predicted molar refractivity (Wildman–Crippen MR) is 40.8 cm³/mol. The largest absolute Gasteiger partial charge is 0.225 e. The molecule has 1 aromatic rings. The summed E-state index contributed by atoms with van der Waals surface area (Å²) in [5.41, 5.74) is -2.46. The van der Waals surface area contributed by atoms with Crippen molar-refractivity contribution in [1.29, 1.82) is 0 Å². The predicted octanol–water partition coefficient (Wildman–Crippen LogP) is 3.48. The Labute approximate surface area is 73.0 Å². The molecule has 0 nitrogen and oxygen atoms in total. The third-order valence-corrected chi connectivity index (χ3v) is 1.82. The van der Waals surface area contributed by atoms with Crippen LogP contribution in [0.1, 0.15) is 16.8 Å². The van der Waals surface area contributed by atoms with Gasteiger partial charge in [0.2, 0.25) is 5.63 Å². The van der Waals surface area contributed by atoms with E-state index >= 15 is 0 Å². The van der Waals surface area contributed by atoms with Crippen LogP contribution in [0.25, 0.3) is 0 Å². The van der Waals surface area contributed by atoms with Gasteiger partial charge in [-0.15, -0.1) is 0 Å². The van der Waals surface area contributed by atoms with E-state index in [4.69, 9.17) is 11.6 Å². The second kappa shape index (κ2) is 3.35. The number of benzene rings is 1. The summed E-state index contributed by atoms with van der Waals surface area (Å²) in [6.07, 6.45) is 0. The Hall–Kier alpha value is -0.700. The SMILES string of the molecule is Cc1c(F)ccc(C(F)Cl)c1F. The van der Waals surface area contributed by atoms with E-state index in [1.54, 1.807) is 0 Å². The van der Waals surface area contributed by atoms with E-state index in [-0.39, 0.29) is 11.1 Å². The van der Waals surface area contributed by atoms with Crippen LogP contribution >= 0.6 is 11.6 Å². The molecular weight excluding hydrogens is 189 g/mol. The summed E-state index contributed by atoms with van der Waals surface area (Å²) in [5.74, 6) is -1.62. The molecule has 66 valence electrons. The first-order chi connectivity index (χ1) is 5.54. The summed E-state index contributed by atoms with van der Waals surface area (Å²) in [6, 6.07) is 1.98. The maximum Gasteiger partial charge on any atom is 0.201 e. The molecule has 0 radical (unpaired) electrons. The molecule has 0 heterocycles. The van der Waals surface area contributed by atoms with Crippen molar-refractivity contribution in [2.24, 2.45) is 0 Å². The smallest absolute Gasteiger partial charge is 0.201 e. The van der Waals surface area contributed by atoms with Crippen molar-refractivity contribution < 1.29 is 13.2 Å². The summed E-state index contributed by atoms with van der Waals surface area (Å²) in [6.45, 7) is 1.23. The molecular formula is C8H6ClF3. The highest BCUT2D eigenvalue weighted by molar-refractivity contribution is 6.19. The molecule has 0 saturated heterocycles. The third-order valence-electron chi connectivity index (χ3n) is 1.59. The van der Waals surface area contributed by atoms with Crippen LogP contribution in [-0.2, 0) is 0 Å². The molecule has 1 rings (SSSR count). The second-order valence-electron chi connectivity index (χ2n) is 2.38. The summed E-state index contributed by atoms with van der Waals surface area (Å²) >= 11 is 5.00. The van der Waals surface area contributed by atoms with Crippen LogP contribution < -0.4 is 0 Å². The fourth-order valence-electron chi connectivity index (χ4n) is 0.851. The van der Waals surface area contributed by atoms with E-state index in [1.165, 1.54) is 6.92 Å². The fraction of sp³-hybridized carbons (Fsp3) is 0.250. The van der Waals surface area contributed by atoms with Crippen molar-refractivity contribution in [2.75, 3.05) is 0 Å². The first-order valence-corrected chi connectivity index (χ1v) is 3.70. The average Bonchev–Trinajstić information content (AvgIpc) is 2.00. The van der Waals surface area contributed by atoms with Crippen molar-refractivity contribution in [3.05, 3.63) is 34.9 Å². The Kier molecular flexibility index (Phi) is 2.62. The molecule has 0 spiro atoms. The Morgan fingerprint density at radius 2 is 1.92 bits per heavy atom. The highest BCUT2D eigenvalue weighted by Gasteiger charge is 2.15. The molecule has 0 N–H and O–H groups in total. The quantitative estimate of drug-likeness (QED) is 0.601. The van der Waals surface area contributed by atoms with Gasteiger partial charge in [-0.2, -0.15) is 0 Å². The van der Waals surface area contributed by atoms with Crippen LogP contribution in [0.5, 0.6) is 0 Å². The van der Waals surface area contributed by atoms with Gasteiger partial charge in [0.25, 0.3) is 0 Å². The molecule has 0 fully saturated rings. The van der Waals surface area contributed by atoms with Crippen molar-refractivity contribution in [3.63, 3.8) is 0 Å². The van der Waals surface area contributed by atoms with E-state index in [9.17, 15) is 13.2 Å². The zero-order valence-corrected chi connectivity index (χ0v) is 7.00. The molecule has 12 heavy (non-hydrogen) atoms. The number of halogens is 4. The van der Waals surface area contributed by atoms with Gasteiger partial charge in [0.05, 0.1) is 0 Å². The Bertz CT molecular complexity index is 297. The molecule has 0 aliphatic heterocycles. The first-order valence-electron chi connectivity index (χ1n) is 3.26. The van der Waals surface area contributed by atoms with Gasteiger partial charge >= 0.3 is 0 Å². The topological polar surface area (TPSA) is 0 Å². The molecule has 4 heteroatoms. The number of hydrogen-bond acceptors (Lipinski definition) is 0. The van der Waals surface area contributed by atoms with Gasteiger partial charge in [0, 0.05) is 11.1 Å². The van der Waals surface area contributed by atoms with E-state index < -0.39 is 17.3 Å². The molecule has 0 saturated carbocycles. The second-order valence-corrected chi connectivity index (χ2v) is 2.76. The third kappa shape index (κ3) is 1.55. The monoisotopic (exact) mass is 194 g/mol. The molecule has 1 aromatic carbocycles. The van der Waals surface area contributed by atoms with E-state index in [0.29, 0.717) is 0 Å². The number of alkyl halides is 2. The zero-order chi connectivity index (χ0) is 9.30. The molecule has 0 aromatic heterocycles. The molecule has 1 unspecified atom stereocenters. The Morgan fingerprint density at radius 1 is 1.33 bits per heavy atom. The lowest BCUT2D eigenvalue weighted by molar-refractivity contribution is 0.437. The summed E-state index contributed by atoms with van der Waals surface area (Å²) in [7, 11) is 0. The summed E-state index contributed by atoms with van der Waals surface area (Å²) in [5, 5.41) is 0. The first kappa shape index (κ1) is 9.39. The lowest BCUT2D eigenvalue weighted by atomic mass is 10.1. The standard InChI is InChI=1S/C8H6ClF3/c1-4-6(10)3-2-5(7(4)11)8(9)12/h2-3,8H,1H3. The number of hydrogen-bond donors (Lipinski definition) is 0. The van der Waals surface area contributed by atoms with Crippen LogP contribution in [0.4, 0.5) is 13.2 Å². The summed E-state index contributed by atoms with van der Waals surface area (Å²) in [4.78, 5) is 0. The van der Waals surface area contributed by atoms with Crippen LogP contribution in [0.3, 0.4) is 0 Å². The minimum Gasteiger partial charge on any atom is -0.225 e. The van der Waals surface area contributed by atoms with Crippen molar-refractivity contribution >= 4 is 11.6 Å². The average molecular weight is 195 g/mol. The van der Waals surface area contributed by atoms with Gasteiger partial charge in [-0.05, 0) is 19.1 Å². The highest BCUT2D eigenvalue weighted by Crippen LogP contribution is 2.26. The van der Waals surface area contributed by atoms with Crippen molar-refractivity contribution in [1.82, 2.24) is 0 Å². The van der Waals surface area contributed by atoms with Gasteiger partial charge in [-0.25, -0.2) is 13.2 Å². The van der Waals surface area contributed by atoms with Crippen molar-refractivity contribution in [3.8, 4) is 0 Å². The van der Waals surface area contributed by atoms with Gasteiger partial charge in [-0.1, -0.05) is 11.6 Å². The lowest BCUT2D eigenvalue weighted by Gasteiger charge is -2.05. The van der Waals surface area contributed by atoms with Crippen LogP contribution in [0.2, 0.25) is 0 Å². The normalized spacial score (nSPS) is 13.1. The minimum absolute atomic E-state index is 0.212. The molecule has 1 atom stereocenters. The Morgan fingerprint density at radius 3 is 2.42 bits per heavy atom. The molecule has 0 amide bonds. The van der Waals surface area contributed by atoms with E-state index in [1.807, 2.05) is 0 Å². The molecule has 0 aliphatic carbocycles. The minimum atomic E-state index is -1.93. The zero-order valence-electron chi connectivity index (χ0n) is 6.24. The highest BCUT2D eigenvalue weighted by atomic mass is 35.5. The summed E-state index contributed by atoms with van der Waals surface area (Å²) < 4.78 is 38.0. The number of rotatable bonds is 1. The van der Waals surface area contributed by atoms with Gasteiger partial charge in [0.1, 0.15) is 11.6 Å². The molecule has 0 aliphatic rings. The van der Waals surface area contributed by atoms with E-state index in [2.05, 4.69) is 0 Å². The maximum absolute atomic E-state index is 12.9. The van der Waals surface area contributed by atoms with Crippen molar-refractivity contribution in [2.45, 2.75) is 12.6 Å². The molecule has 0 bridgehead atoms. The van der Waals surface area contributed by atoms with Gasteiger partial charge in [0.15, 0.2) is 0 Å². The van der Waals surface area contributed by atoms with Crippen LogP contribution in [0.15, 0.2) is 12.1 Å². The van der Waals surface area contributed by atoms with Gasteiger partial charge in [-0.3, -0.25) is 0 Å². The fourth-order valence-corrected chi connectivity index (χ4v) is 1.02. The van der Waals surface area contributed by atoms with Gasteiger partial charge < -0.3 is 0 Å². The lowest BCUT2D eigenvalue weighted by Crippen LogP contribution is -1.95. The van der Waals surface area contributed by atoms with Crippen LogP contribution in [-0.4, -0.2) is 0 Å². The maximum atomic E-state index is 12.9.